The molecule has 0 aromatic carbocycles. The Morgan fingerprint density at radius 3 is 3.06 bits per heavy atom. The number of aromatic nitrogens is 1. The van der Waals surface area contributed by atoms with Gasteiger partial charge in [-0.2, -0.15) is 0 Å². The molecule has 1 fully saturated rings. The predicted molar refractivity (Wildman–Crippen MR) is 65.6 cm³/mol. The number of nitrogens with zero attached hydrogens (tertiary/aromatic N) is 2. The highest BCUT2D eigenvalue weighted by atomic mass is 16.5. The van der Waals surface area contributed by atoms with E-state index in [9.17, 15) is 0 Å². The summed E-state index contributed by atoms with van der Waals surface area (Å²) in [5, 5.41) is 0. The third kappa shape index (κ3) is 2.27. The minimum atomic E-state index is 0.301. The summed E-state index contributed by atoms with van der Waals surface area (Å²) in [7, 11) is 1.77. The van der Waals surface area contributed by atoms with E-state index < -0.39 is 0 Å². The first kappa shape index (κ1) is 11.2. The molecule has 1 aromatic heterocycles. The molecule has 0 spiro atoms. The fraction of sp³-hybridized carbons (Fsp3) is 0.583. The molecule has 0 bridgehead atoms. The maximum atomic E-state index is 5.96. The summed E-state index contributed by atoms with van der Waals surface area (Å²) >= 11 is 0. The van der Waals surface area contributed by atoms with Gasteiger partial charge in [0.2, 0.25) is 0 Å². The molecule has 0 amide bonds. The number of ether oxygens (including phenoxy) is 1. The third-order valence-electron chi connectivity index (χ3n) is 3.06. The van der Waals surface area contributed by atoms with Gasteiger partial charge in [0.25, 0.3) is 0 Å². The zero-order valence-electron chi connectivity index (χ0n) is 9.94. The van der Waals surface area contributed by atoms with Crippen LogP contribution < -0.4 is 10.6 Å². The van der Waals surface area contributed by atoms with Crippen LogP contribution in [0.2, 0.25) is 0 Å². The number of rotatable bonds is 2. The molecule has 0 radical (unpaired) electrons. The zero-order chi connectivity index (χ0) is 11.5. The Kier molecular flexibility index (Phi) is 3.29. The summed E-state index contributed by atoms with van der Waals surface area (Å²) in [5.74, 6) is 0.904. The molecule has 4 heteroatoms. The predicted octanol–water partition coefficient (Wildman–Crippen LogP) is 1.59. The Morgan fingerprint density at radius 2 is 2.31 bits per heavy atom. The van der Waals surface area contributed by atoms with E-state index in [-0.39, 0.29) is 0 Å². The average molecular weight is 221 g/mol. The van der Waals surface area contributed by atoms with Gasteiger partial charge in [0.15, 0.2) is 5.82 Å². The highest BCUT2D eigenvalue weighted by Gasteiger charge is 2.21. The molecule has 1 aromatic rings. The van der Waals surface area contributed by atoms with Crippen molar-refractivity contribution in [1.82, 2.24) is 4.98 Å². The van der Waals surface area contributed by atoms with Crippen LogP contribution in [-0.2, 0) is 4.74 Å². The molecular formula is C12H19N3O. The summed E-state index contributed by atoms with van der Waals surface area (Å²) in [6.07, 6.45) is 2.56. The van der Waals surface area contributed by atoms with Crippen LogP contribution in [0.25, 0.3) is 0 Å². The van der Waals surface area contributed by atoms with Crippen LogP contribution in [0.4, 0.5) is 11.5 Å². The van der Waals surface area contributed by atoms with E-state index in [2.05, 4.69) is 9.88 Å². The van der Waals surface area contributed by atoms with Crippen LogP contribution in [0.5, 0.6) is 0 Å². The van der Waals surface area contributed by atoms with Crippen LogP contribution in [-0.4, -0.2) is 31.3 Å². The van der Waals surface area contributed by atoms with E-state index in [1.54, 1.807) is 7.11 Å². The van der Waals surface area contributed by atoms with E-state index in [1.165, 1.54) is 0 Å². The SMILES string of the molecule is COC1CCCN(c2nc(C)ccc2N)C1. The van der Waals surface area contributed by atoms with Gasteiger partial charge >= 0.3 is 0 Å². The number of piperidine rings is 1. The zero-order valence-corrected chi connectivity index (χ0v) is 9.94. The lowest BCUT2D eigenvalue weighted by atomic mass is 10.1. The molecule has 1 aliphatic rings. The lowest BCUT2D eigenvalue weighted by Gasteiger charge is -2.33. The normalized spacial score (nSPS) is 21.1. The first-order valence-corrected chi connectivity index (χ1v) is 5.71. The molecular weight excluding hydrogens is 202 g/mol. The maximum Gasteiger partial charge on any atom is 0.152 e. The number of aryl methyl sites for hydroxylation is 1. The molecule has 1 aliphatic heterocycles. The number of methoxy groups -OCH3 is 1. The molecule has 1 saturated heterocycles. The van der Waals surface area contributed by atoms with Crippen LogP contribution in [0.15, 0.2) is 12.1 Å². The second kappa shape index (κ2) is 4.70. The fourth-order valence-electron chi connectivity index (χ4n) is 2.13. The molecule has 16 heavy (non-hydrogen) atoms. The summed E-state index contributed by atoms with van der Waals surface area (Å²) in [4.78, 5) is 6.73. The highest BCUT2D eigenvalue weighted by molar-refractivity contribution is 5.63. The minimum absolute atomic E-state index is 0.301. The van der Waals surface area contributed by atoms with Crippen LogP contribution >= 0.6 is 0 Å². The smallest absolute Gasteiger partial charge is 0.152 e. The molecule has 2 heterocycles. The van der Waals surface area contributed by atoms with Gasteiger partial charge < -0.3 is 15.4 Å². The monoisotopic (exact) mass is 221 g/mol. The largest absolute Gasteiger partial charge is 0.396 e. The van der Waals surface area contributed by atoms with Gasteiger partial charge in [-0.05, 0) is 31.9 Å². The van der Waals surface area contributed by atoms with Crippen molar-refractivity contribution < 1.29 is 4.74 Å². The van der Waals surface area contributed by atoms with E-state index in [4.69, 9.17) is 10.5 Å². The molecule has 0 saturated carbocycles. The van der Waals surface area contributed by atoms with Crippen LogP contribution in [0.1, 0.15) is 18.5 Å². The second-order valence-electron chi connectivity index (χ2n) is 4.31. The number of anilines is 2. The first-order valence-electron chi connectivity index (χ1n) is 5.71. The fourth-order valence-corrected chi connectivity index (χ4v) is 2.13. The topological polar surface area (TPSA) is 51.4 Å². The summed E-state index contributed by atoms with van der Waals surface area (Å²) in [6, 6.07) is 3.87. The summed E-state index contributed by atoms with van der Waals surface area (Å²) in [5.41, 5.74) is 7.72. The molecule has 0 aliphatic carbocycles. The van der Waals surface area contributed by atoms with Crippen LogP contribution in [0, 0.1) is 6.92 Å². The Morgan fingerprint density at radius 1 is 1.50 bits per heavy atom. The van der Waals surface area contributed by atoms with E-state index in [0.29, 0.717) is 6.10 Å². The van der Waals surface area contributed by atoms with Gasteiger partial charge in [-0.25, -0.2) is 4.98 Å². The number of hydrogen-bond donors (Lipinski definition) is 1. The van der Waals surface area contributed by atoms with Gasteiger partial charge in [0.1, 0.15) is 0 Å². The van der Waals surface area contributed by atoms with Crippen molar-refractivity contribution in [3.8, 4) is 0 Å². The maximum absolute atomic E-state index is 5.96. The van der Waals surface area contributed by atoms with Crippen molar-refractivity contribution in [2.45, 2.75) is 25.9 Å². The lowest BCUT2D eigenvalue weighted by molar-refractivity contribution is 0.0892. The van der Waals surface area contributed by atoms with Crippen molar-refractivity contribution in [3.05, 3.63) is 17.8 Å². The average Bonchev–Trinajstić information content (AvgIpc) is 2.32. The van der Waals surface area contributed by atoms with Crippen molar-refractivity contribution in [1.29, 1.82) is 0 Å². The molecule has 88 valence electrons. The Bertz CT molecular complexity index is 367. The highest BCUT2D eigenvalue weighted by Crippen LogP contribution is 2.24. The number of hydrogen-bond acceptors (Lipinski definition) is 4. The summed E-state index contributed by atoms with van der Waals surface area (Å²) < 4.78 is 5.40. The second-order valence-corrected chi connectivity index (χ2v) is 4.31. The number of nitrogen functional groups attached to an aromatic ring is 1. The van der Waals surface area contributed by atoms with E-state index in [1.807, 2.05) is 19.1 Å². The van der Waals surface area contributed by atoms with Crippen molar-refractivity contribution in [2.75, 3.05) is 30.8 Å². The van der Waals surface area contributed by atoms with Gasteiger partial charge in [-0.3, -0.25) is 0 Å². The van der Waals surface area contributed by atoms with Gasteiger partial charge in [-0.1, -0.05) is 0 Å². The standard InChI is InChI=1S/C12H19N3O/c1-9-5-6-11(13)12(14-9)15-7-3-4-10(8-15)16-2/h5-6,10H,3-4,7-8,13H2,1-2H3. The van der Waals surface area contributed by atoms with Gasteiger partial charge in [0.05, 0.1) is 11.8 Å². The van der Waals surface area contributed by atoms with E-state index >= 15 is 0 Å². The van der Waals surface area contributed by atoms with Crippen molar-refractivity contribution in [3.63, 3.8) is 0 Å². The Balaban J connectivity index is 2.19. The molecule has 2 rings (SSSR count). The number of pyridine rings is 1. The van der Waals surface area contributed by atoms with Gasteiger partial charge in [-0.15, -0.1) is 0 Å². The van der Waals surface area contributed by atoms with Crippen molar-refractivity contribution >= 4 is 11.5 Å². The van der Waals surface area contributed by atoms with Gasteiger partial charge in [0, 0.05) is 25.9 Å². The lowest BCUT2D eigenvalue weighted by Crippen LogP contribution is -2.40. The third-order valence-corrected chi connectivity index (χ3v) is 3.06. The minimum Gasteiger partial charge on any atom is -0.396 e. The van der Waals surface area contributed by atoms with Crippen LogP contribution in [0.3, 0.4) is 0 Å². The quantitative estimate of drug-likeness (QED) is 0.824. The summed E-state index contributed by atoms with van der Waals surface area (Å²) in [6.45, 7) is 3.89. The molecule has 4 nitrogen and oxygen atoms in total. The first-order chi connectivity index (χ1) is 7.70. The van der Waals surface area contributed by atoms with E-state index in [0.717, 1.165) is 43.1 Å². The molecule has 1 atom stereocenters. The Hall–Kier alpha value is -1.29. The molecule has 2 N–H and O–H groups in total. The van der Waals surface area contributed by atoms with Crippen molar-refractivity contribution in [2.24, 2.45) is 0 Å². The molecule has 1 unspecified atom stereocenters. The Labute approximate surface area is 96.4 Å². The number of nitrogens with two attached hydrogens (primary N) is 1.